The normalized spacial score (nSPS) is 17.3. The highest BCUT2D eigenvalue weighted by Crippen LogP contribution is 2.26. The second-order valence-electron chi connectivity index (χ2n) is 7.82. The second-order valence-corrected chi connectivity index (χ2v) is 7.82. The van der Waals surface area contributed by atoms with Gasteiger partial charge in [0, 0.05) is 12.1 Å². The Bertz CT molecular complexity index is 1040. The zero-order chi connectivity index (χ0) is 20.4. The van der Waals surface area contributed by atoms with Crippen LogP contribution in [0.2, 0.25) is 0 Å². The van der Waals surface area contributed by atoms with Crippen molar-refractivity contribution in [3.05, 3.63) is 83.4 Å². The van der Waals surface area contributed by atoms with Gasteiger partial charge in [-0.3, -0.25) is 9.59 Å². The summed E-state index contributed by atoms with van der Waals surface area (Å²) in [6.45, 7) is 4.61. The van der Waals surface area contributed by atoms with Crippen molar-refractivity contribution in [3.8, 4) is 0 Å². The van der Waals surface area contributed by atoms with E-state index in [1.165, 1.54) is 0 Å². The lowest BCUT2D eigenvalue weighted by Gasteiger charge is -2.26. The van der Waals surface area contributed by atoms with Gasteiger partial charge < -0.3 is 10.2 Å². The predicted octanol–water partition coefficient (Wildman–Crippen LogP) is 4.63. The summed E-state index contributed by atoms with van der Waals surface area (Å²) < 4.78 is 0. The highest BCUT2D eigenvalue weighted by molar-refractivity contribution is 5.98. The molecule has 3 aromatic carbocycles. The molecule has 4 heteroatoms. The Hall–Kier alpha value is -3.14. The number of nitrogens with one attached hydrogen (secondary N) is 1. The fourth-order valence-corrected chi connectivity index (χ4v) is 4.16. The smallest absolute Gasteiger partial charge is 0.254 e. The standard InChI is InChI=1S/C25H26N2O2/c1-17-12-14-20(15-13-17)25(29)27-16-6-11-23(27)24(28)26-18(2)21-10-5-8-19-7-3-4-9-22(19)21/h3-5,7-10,12-15,18,23H,6,11,16H2,1-2H3,(H,26,28)/t18-,23+/m0/s1. The summed E-state index contributed by atoms with van der Waals surface area (Å²) in [6, 6.07) is 21.3. The molecule has 29 heavy (non-hydrogen) atoms. The van der Waals surface area contributed by atoms with Gasteiger partial charge in [0.15, 0.2) is 0 Å². The molecule has 0 bridgehead atoms. The zero-order valence-corrected chi connectivity index (χ0v) is 16.9. The maximum Gasteiger partial charge on any atom is 0.254 e. The first-order valence-corrected chi connectivity index (χ1v) is 10.2. The maximum atomic E-state index is 13.1. The molecule has 2 atom stereocenters. The molecule has 0 spiro atoms. The SMILES string of the molecule is Cc1ccc(C(=O)N2CCC[C@@H]2C(=O)N[C@@H](C)c2cccc3ccccc23)cc1. The van der Waals surface area contributed by atoms with Crippen LogP contribution in [0.1, 0.15) is 47.3 Å². The van der Waals surface area contributed by atoms with E-state index in [1.807, 2.05) is 56.3 Å². The number of likely N-dealkylation sites (tertiary alicyclic amines) is 1. The Labute approximate surface area is 171 Å². The molecule has 4 nitrogen and oxygen atoms in total. The van der Waals surface area contributed by atoms with Crippen LogP contribution < -0.4 is 5.32 Å². The van der Waals surface area contributed by atoms with Crippen molar-refractivity contribution in [2.75, 3.05) is 6.54 Å². The molecular weight excluding hydrogens is 360 g/mol. The molecule has 0 unspecified atom stereocenters. The van der Waals surface area contributed by atoms with Gasteiger partial charge in [-0.2, -0.15) is 0 Å². The van der Waals surface area contributed by atoms with Crippen LogP contribution in [0.15, 0.2) is 66.7 Å². The molecule has 2 amide bonds. The quantitative estimate of drug-likeness (QED) is 0.711. The monoisotopic (exact) mass is 386 g/mol. The average Bonchev–Trinajstić information content (AvgIpc) is 3.23. The molecule has 1 aliphatic heterocycles. The zero-order valence-electron chi connectivity index (χ0n) is 16.9. The first-order valence-electron chi connectivity index (χ1n) is 10.2. The van der Waals surface area contributed by atoms with Gasteiger partial charge in [0.1, 0.15) is 6.04 Å². The van der Waals surface area contributed by atoms with Crippen molar-refractivity contribution in [1.82, 2.24) is 10.2 Å². The van der Waals surface area contributed by atoms with Crippen molar-refractivity contribution < 1.29 is 9.59 Å². The van der Waals surface area contributed by atoms with Crippen LogP contribution in [0.25, 0.3) is 10.8 Å². The second kappa shape index (κ2) is 8.08. The minimum Gasteiger partial charge on any atom is -0.348 e. The van der Waals surface area contributed by atoms with Gasteiger partial charge in [0.2, 0.25) is 5.91 Å². The van der Waals surface area contributed by atoms with E-state index in [-0.39, 0.29) is 17.9 Å². The molecule has 3 aromatic rings. The number of nitrogens with zero attached hydrogens (tertiary/aromatic N) is 1. The summed E-state index contributed by atoms with van der Waals surface area (Å²) in [5, 5.41) is 5.44. The van der Waals surface area contributed by atoms with Crippen LogP contribution in [0.4, 0.5) is 0 Å². The number of hydrogen-bond acceptors (Lipinski definition) is 2. The lowest BCUT2D eigenvalue weighted by Crippen LogP contribution is -2.46. The average molecular weight is 386 g/mol. The third-order valence-corrected chi connectivity index (χ3v) is 5.76. The van der Waals surface area contributed by atoms with Crippen molar-refractivity contribution in [2.45, 2.75) is 38.8 Å². The Kier molecular flexibility index (Phi) is 5.34. The fraction of sp³-hybridized carbons (Fsp3) is 0.280. The number of hydrogen-bond donors (Lipinski definition) is 1. The Morgan fingerprint density at radius 1 is 1.00 bits per heavy atom. The van der Waals surface area contributed by atoms with Gasteiger partial charge in [-0.1, -0.05) is 60.2 Å². The summed E-state index contributed by atoms with van der Waals surface area (Å²) >= 11 is 0. The van der Waals surface area contributed by atoms with Crippen LogP contribution in [-0.4, -0.2) is 29.3 Å². The highest BCUT2D eigenvalue weighted by Gasteiger charge is 2.35. The number of carbonyl (C=O) groups excluding carboxylic acids is 2. The molecule has 1 aliphatic rings. The van der Waals surface area contributed by atoms with Crippen molar-refractivity contribution in [3.63, 3.8) is 0 Å². The van der Waals surface area contributed by atoms with E-state index in [1.54, 1.807) is 4.90 Å². The minimum atomic E-state index is -0.416. The number of aryl methyl sites for hydroxylation is 1. The molecule has 4 rings (SSSR count). The lowest BCUT2D eigenvalue weighted by atomic mass is 9.99. The fourth-order valence-electron chi connectivity index (χ4n) is 4.16. The largest absolute Gasteiger partial charge is 0.348 e. The number of carbonyl (C=O) groups is 2. The third-order valence-electron chi connectivity index (χ3n) is 5.76. The van der Waals surface area contributed by atoms with E-state index < -0.39 is 6.04 Å². The van der Waals surface area contributed by atoms with Crippen LogP contribution in [0.5, 0.6) is 0 Å². The number of amides is 2. The van der Waals surface area contributed by atoms with Crippen molar-refractivity contribution in [2.24, 2.45) is 0 Å². The summed E-state index contributed by atoms with van der Waals surface area (Å²) in [6.07, 6.45) is 1.55. The molecule has 0 saturated carbocycles. The van der Waals surface area contributed by atoms with Crippen LogP contribution in [-0.2, 0) is 4.79 Å². The van der Waals surface area contributed by atoms with Crippen LogP contribution >= 0.6 is 0 Å². The summed E-state index contributed by atoms with van der Waals surface area (Å²) in [5.41, 5.74) is 2.84. The Morgan fingerprint density at radius 3 is 2.52 bits per heavy atom. The maximum absolute atomic E-state index is 13.1. The van der Waals surface area contributed by atoms with E-state index in [4.69, 9.17) is 0 Å². The number of rotatable bonds is 4. The molecule has 148 valence electrons. The molecule has 1 fully saturated rings. The molecule has 1 N–H and O–H groups in total. The summed E-state index contributed by atoms with van der Waals surface area (Å²) in [7, 11) is 0. The van der Waals surface area contributed by atoms with E-state index in [0.29, 0.717) is 18.5 Å². The van der Waals surface area contributed by atoms with Gasteiger partial charge in [-0.05, 0) is 55.2 Å². The third kappa shape index (κ3) is 3.88. The van der Waals surface area contributed by atoms with Gasteiger partial charge in [-0.15, -0.1) is 0 Å². The lowest BCUT2D eigenvalue weighted by molar-refractivity contribution is -0.125. The predicted molar refractivity (Wildman–Crippen MR) is 116 cm³/mol. The van der Waals surface area contributed by atoms with Gasteiger partial charge in [-0.25, -0.2) is 0 Å². The van der Waals surface area contributed by atoms with E-state index in [9.17, 15) is 9.59 Å². The summed E-state index contributed by atoms with van der Waals surface area (Å²) in [5.74, 6) is -0.149. The Morgan fingerprint density at radius 2 is 1.72 bits per heavy atom. The van der Waals surface area contributed by atoms with Gasteiger partial charge in [0.05, 0.1) is 6.04 Å². The van der Waals surface area contributed by atoms with Gasteiger partial charge in [0.25, 0.3) is 5.91 Å². The molecule has 0 aliphatic carbocycles. The molecule has 0 radical (unpaired) electrons. The van der Waals surface area contributed by atoms with E-state index >= 15 is 0 Å². The minimum absolute atomic E-state index is 0.0690. The molecule has 1 saturated heterocycles. The Balaban J connectivity index is 1.51. The first kappa shape index (κ1) is 19.2. The highest BCUT2D eigenvalue weighted by atomic mass is 16.2. The molecule has 1 heterocycles. The van der Waals surface area contributed by atoms with Crippen LogP contribution in [0.3, 0.4) is 0 Å². The van der Waals surface area contributed by atoms with Crippen molar-refractivity contribution >= 4 is 22.6 Å². The van der Waals surface area contributed by atoms with Gasteiger partial charge >= 0.3 is 0 Å². The summed E-state index contributed by atoms with van der Waals surface area (Å²) in [4.78, 5) is 27.7. The molecule has 0 aromatic heterocycles. The van der Waals surface area contributed by atoms with E-state index in [0.717, 1.165) is 28.3 Å². The van der Waals surface area contributed by atoms with Crippen LogP contribution in [0, 0.1) is 6.92 Å². The van der Waals surface area contributed by atoms with E-state index in [2.05, 4.69) is 29.6 Å². The first-order chi connectivity index (χ1) is 14.0. The number of benzene rings is 3. The molecular formula is C25H26N2O2. The topological polar surface area (TPSA) is 49.4 Å². The van der Waals surface area contributed by atoms with Crippen molar-refractivity contribution in [1.29, 1.82) is 0 Å². The number of fused-ring (bicyclic) bond motifs is 1.